The van der Waals surface area contributed by atoms with Crippen LogP contribution >= 0.6 is 11.6 Å². The summed E-state index contributed by atoms with van der Waals surface area (Å²) in [6.45, 7) is 0.377. The number of aliphatic hydroxyl groups excluding tert-OH is 1. The zero-order valence-corrected chi connectivity index (χ0v) is 10.2. The van der Waals surface area contributed by atoms with Crippen molar-refractivity contribution < 1.29 is 14.6 Å². The largest absolute Gasteiger partial charge is 0.497 e. The maximum Gasteiger partial charge on any atom is 0.245 e. The van der Waals surface area contributed by atoms with Crippen LogP contribution in [-0.2, 0) is 4.79 Å². The lowest BCUT2D eigenvalue weighted by molar-refractivity contribution is -0.117. The first-order valence-electron chi connectivity index (χ1n) is 5.37. The van der Waals surface area contributed by atoms with Crippen LogP contribution in [0.3, 0.4) is 0 Å². The number of amides is 1. The number of carbonyl (C=O) groups is 1. The van der Waals surface area contributed by atoms with E-state index in [0.717, 1.165) is 11.4 Å². The molecule has 0 aliphatic carbocycles. The van der Waals surface area contributed by atoms with Gasteiger partial charge in [-0.1, -0.05) is 0 Å². The van der Waals surface area contributed by atoms with Gasteiger partial charge >= 0.3 is 0 Å². The quantitative estimate of drug-likeness (QED) is 0.828. The van der Waals surface area contributed by atoms with E-state index in [0.29, 0.717) is 6.54 Å². The van der Waals surface area contributed by atoms with Crippen LogP contribution in [0.25, 0.3) is 0 Å². The van der Waals surface area contributed by atoms with E-state index in [4.69, 9.17) is 21.4 Å². The molecule has 92 valence electrons. The molecule has 0 saturated carbocycles. The predicted molar refractivity (Wildman–Crippen MR) is 65.6 cm³/mol. The number of alkyl halides is 1. The summed E-state index contributed by atoms with van der Waals surface area (Å²) in [5, 5.41) is 8.48. The van der Waals surface area contributed by atoms with Crippen LogP contribution in [0.1, 0.15) is 0 Å². The summed E-state index contributed by atoms with van der Waals surface area (Å²) in [5.74, 6) is 0.378. The average Bonchev–Trinajstić information content (AvgIpc) is 2.66. The van der Waals surface area contributed by atoms with Gasteiger partial charge in [0.15, 0.2) is 0 Å². The number of benzene rings is 1. The van der Waals surface area contributed by atoms with Crippen LogP contribution in [0.2, 0.25) is 0 Å². The lowest BCUT2D eigenvalue weighted by Crippen LogP contribution is -2.27. The third-order valence-electron chi connectivity index (χ3n) is 2.95. The van der Waals surface area contributed by atoms with Crippen molar-refractivity contribution in [3.63, 3.8) is 0 Å². The number of aliphatic hydroxyl groups is 1. The van der Waals surface area contributed by atoms with E-state index in [1.165, 1.54) is 0 Å². The normalized spacial score (nSPS) is 24.2. The summed E-state index contributed by atoms with van der Waals surface area (Å²) < 4.78 is 5.05. The smallest absolute Gasteiger partial charge is 0.245 e. The molecule has 0 spiro atoms. The second kappa shape index (κ2) is 4.94. The predicted octanol–water partition coefficient (Wildman–Crippen LogP) is 1.26. The number of carbonyl (C=O) groups excluding carboxylic acids is 1. The zero-order valence-electron chi connectivity index (χ0n) is 9.47. The maximum absolute atomic E-state index is 11.9. The minimum Gasteiger partial charge on any atom is -0.497 e. The zero-order chi connectivity index (χ0) is 12.4. The van der Waals surface area contributed by atoms with E-state index in [2.05, 4.69) is 0 Å². The highest BCUT2D eigenvalue weighted by atomic mass is 35.5. The molecule has 0 radical (unpaired) electrons. The molecule has 1 N–H and O–H groups in total. The van der Waals surface area contributed by atoms with Gasteiger partial charge in [-0.05, 0) is 24.3 Å². The number of nitrogens with zero attached hydrogens (tertiary/aromatic N) is 1. The van der Waals surface area contributed by atoms with Gasteiger partial charge in [-0.25, -0.2) is 0 Å². The lowest BCUT2D eigenvalue weighted by Gasteiger charge is -2.16. The average molecular weight is 256 g/mol. The Bertz CT molecular complexity index is 407. The van der Waals surface area contributed by atoms with Gasteiger partial charge in [0, 0.05) is 24.8 Å². The van der Waals surface area contributed by atoms with Crippen molar-refractivity contribution in [3.8, 4) is 5.75 Å². The minimum absolute atomic E-state index is 0.0768. The van der Waals surface area contributed by atoms with Gasteiger partial charge in [0.25, 0.3) is 0 Å². The van der Waals surface area contributed by atoms with Crippen molar-refractivity contribution in [1.29, 1.82) is 0 Å². The molecule has 1 aromatic rings. The van der Waals surface area contributed by atoms with E-state index in [-0.39, 0.29) is 18.4 Å². The number of rotatable bonds is 3. The fourth-order valence-corrected chi connectivity index (χ4v) is 2.19. The summed E-state index contributed by atoms with van der Waals surface area (Å²) in [5.41, 5.74) is 0.775. The Morgan fingerprint density at radius 1 is 1.47 bits per heavy atom. The Morgan fingerprint density at radius 3 is 2.59 bits per heavy atom. The fraction of sp³-hybridized carbons (Fsp3) is 0.417. The molecule has 1 fully saturated rings. The number of anilines is 1. The van der Waals surface area contributed by atoms with Crippen molar-refractivity contribution in [2.45, 2.75) is 5.38 Å². The number of ether oxygens (including phenoxy) is 1. The molecule has 1 aliphatic heterocycles. The lowest BCUT2D eigenvalue weighted by atomic mass is 10.1. The second-order valence-electron chi connectivity index (χ2n) is 3.99. The van der Waals surface area contributed by atoms with Crippen molar-refractivity contribution in [2.75, 3.05) is 25.2 Å². The molecule has 0 bridgehead atoms. The van der Waals surface area contributed by atoms with E-state index in [9.17, 15) is 4.79 Å². The molecule has 1 aliphatic rings. The standard InChI is InChI=1S/C12H14ClNO3/c1-17-10-4-2-9(3-5-10)14-6-8(7-15)11(13)12(14)16/h2-5,8,11,15H,6-7H2,1H3/t8-,11+/m1/s1. The molecule has 2 rings (SSSR count). The number of hydrogen-bond acceptors (Lipinski definition) is 3. The van der Waals surface area contributed by atoms with Crippen molar-refractivity contribution in [3.05, 3.63) is 24.3 Å². The molecular formula is C12H14ClNO3. The number of halogens is 1. The van der Waals surface area contributed by atoms with Crippen LogP contribution in [-0.4, -0.2) is 36.7 Å². The molecular weight excluding hydrogens is 242 g/mol. The molecule has 0 aromatic heterocycles. The van der Waals surface area contributed by atoms with E-state index in [1.54, 1.807) is 36.3 Å². The van der Waals surface area contributed by atoms with Crippen LogP contribution < -0.4 is 9.64 Å². The Labute approximate surface area is 105 Å². The summed E-state index contributed by atoms with van der Waals surface area (Å²) in [7, 11) is 1.59. The summed E-state index contributed by atoms with van der Waals surface area (Å²) in [6, 6.07) is 7.19. The summed E-state index contributed by atoms with van der Waals surface area (Å²) in [4.78, 5) is 13.5. The van der Waals surface area contributed by atoms with Gasteiger partial charge < -0.3 is 14.7 Å². The summed E-state index contributed by atoms with van der Waals surface area (Å²) in [6.07, 6.45) is 0. The first-order valence-corrected chi connectivity index (χ1v) is 5.81. The highest BCUT2D eigenvalue weighted by Gasteiger charge is 2.39. The van der Waals surface area contributed by atoms with Gasteiger partial charge in [0.1, 0.15) is 11.1 Å². The number of methoxy groups -OCH3 is 1. The fourth-order valence-electron chi connectivity index (χ4n) is 1.91. The molecule has 0 unspecified atom stereocenters. The molecule has 1 saturated heterocycles. The van der Waals surface area contributed by atoms with E-state index < -0.39 is 5.38 Å². The topological polar surface area (TPSA) is 49.8 Å². The number of hydrogen-bond donors (Lipinski definition) is 1. The van der Waals surface area contributed by atoms with Crippen LogP contribution in [0.5, 0.6) is 5.75 Å². The van der Waals surface area contributed by atoms with E-state index >= 15 is 0 Å². The highest BCUT2D eigenvalue weighted by molar-refractivity contribution is 6.34. The molecule has 1 amide bonds. The van der Waals surface area contributed by atoms with Crippen molar-refractivity contribution in [2.24, 2.45) is 5.92 Å². The Morgan fingerprint density at radius 2 is 2.12 bits per heavy atom. The molecule has 2 atom stereocenters. The Kier molecular flexibility index (Phi) is 3.54. The van der Waals surface area contributed by atoms with Crippen molar-refractivity contribution in [1.82, 2.24) is 0 Å². The van der Waals surface area contributed by atoms with Gasteiger partial charge in [-0.2, -0.15) is 0 Å². The first kappa shape index (κ1) is 12.2. The monoisotopic (exact) mass is 255 g/mol. The van der Waals surface area contributed by atoms with Gasteiger partial charge in [-0.15, -0.1) is 11.6 Å². The SMILES string of the molecule is COc1ccc(N2C[C@H](CO)[C@H](Cl)C2=O)cc1. The van der Waals surface area contributed by atoms with Gasteiger partial charge in [0.05, 0.1) is 7.11 Å². The maximum atomic E-state index is 11.9. The molecule has 1 heterocycles. The van der Waals surface area contributed by atoms with Crippen LogP contribution in [0.15, 0.2) is 24.3 Å². The highest BCUT2D eigenvalue weighted by Crippen LogP contribution is 2.29. The van der Waals surface area contributed by atoms with Crippen molar-refractivity contribution >= 4 is 23.2 Å². The second-order valence-corrected chi connectivity index (χ2v) is 4.46. The van der Waals surface area contributed by atoms with Gasteiger partial charge in [0.2, 0.25) is 5.91 Å². The first-order chi connectivity index (χ1) is 8.17. The Hall–Kier alpha value is -1.26. The minimum atomic E-state index is -0.637. The van der Waals surface area contributed by atoms with Crippen LogP contribution in [0, 0.1) is 5.92 Å². The third-order valence-corrected chi connectivity index (χ3v) is 3.49. The van der Waals surface area contributed by atoms with E-state index in [1.807, 2.05) is 0 Å². The van der Waals surface area contributed by atoms with Gasteiger partial charge in [-0.3, -0.25) is 4.79 Å². The molecule has 4 nitrogen and oxygen atoms in total. The summed E-state index contributed by atoms with van der Waals surface area (Å²) >= 11 is 5.96. The Balaban J connectivity index is 2.20. The molecule has 5 heteroatoms. The third kappa shape index (κ3) is 2.23. The molecule has 17 heavy (non-hydrogen) atoms. The molecule has 1 aromatic carbocycles. The van der Waals surface area contributed by atoms with Crippen LogP contribution in [0.4, 0.5) is 5.69 Å².